The van der Waals surface area contributed by atoms with Crippen molar-refractivity contribution in [1.82, 2.24) is 4.98 Å². The number of rotatable bonds is 2. The van der Waals surface area contributed by atoms with Crippen molar-refractivity contribution in [3.05, 3.63) is 23.9 Å². The molecule has 0 amide bonds. The smallest absolute Gasteiger partial charge is 0.151 e. The fourth-order valence-corrected chi connectivity index (χ4v) is 2.15. The Hall–Kier alpha value is -1.38. The molecule has 1 atom stereocenters. The quantitative estimate of drug-likeness (QED) is 0.715. The van der Waals surface area contributed by atoms with E-state index < -0.39 is 0 Å². The van der Waals surface area contributed by atoms with E-state index in [0.29, 0.717) is 5.56 Å². The molecular weight excluding hydrogens is 200 g/mol. The van der Waals surface area contributed by atoms with Crippen LogP contribution in [0.5, 0.6) is 0 Å². The van der Waals surface area contributed by atoms with Gasteiger partial charge in [-0.3, -0.25) is 4.79 Å². The second kappa shape index (κ2) is 5.10. The molecule has 0 N–H and O–H groups in total. The number of hydrogen-bond acceptors (Lipinski definition) is 3. The van der Waals surface area contributed by atoms with Crippen LogP contribution in [-0.4, -0.2) is 24.4 Å². The van der Waals surface area contributed by atoms with Crippen molar-refractivity contribution in [3.8, 4) is 0 Å². The third-order valence-electron chi connectivity index (χ3n) is 3.25. The lowest BCUT2D eigenvalue weighted by Crippen LogP contribution is -2.25. The average Bonchev–Trinajstić information content (AvgIpc) is 2.54. The van der Waals surface area contributed by atoms with Crippen LogP contribution in [0.1, 0.15) is 36.5 Å². The van der Waals surface area contributed by atoms with Gasteiger partial charge in [0.25, 0.3) is 0 Å². The average molecular weight is 218 g/mol. The second-order valence-corrected chi connectivity index (χ2v) is 4.59. The fourth-order valence-electron chi connectivity index (χ4n) is 2.15. The van der Waals surface area contributed by atoms with Crippen LogP contribution in [-0.2, 0) is 0 Å². The summed E-state index contributed by atoms with van der Waals surface area (Å²) in [6.45, 7) is 4.47. The number of aldehydes is 1. The normalized spacial score (nSPS) is 21.6. The van der Waals surface area contributed by atoms with Crippen molar-refractivity contribution in [2.75, 3.05) is 18.0 Å². The van der Waals surface area contributed by atoms with Gasteiger partial charge in [0.2, 0.25) is 0 Å². The summed E-state index contributed by atoms with van der Waals surface area (Å²) in [5.74, 6) is 1.82. The molecule has 0 aromatic carbocycles. The van der Waals surface area contributed by atoms with Gasteiger partial charge in [-0.2, -0.15) is 0 Å². The van der Waals surface area contributed by atoms with Crippen LogP contribution in [0.4, 0.5) is 5.82 Å². The van der Waals surface area contributed by atoms with Crippen LogP contribution in [0.3, 0.4) is 0 Å². The highest BCUT2D eigenvalue weighted by atomic mass is 16.1. The zero-order valence-corrected chi connectivity index (χ0v) is 9.72. The summed E-state index contributed by atoms with van der Waals surface area (Å²) in [5.41, 5.74) is 0.645. The van der Waals surface area contributed by atoms with Crippen LogP contribution in [0, 0.1) is 5.92 Å². The first-order chi connectivity index (χ1) is 7.79. The Morgan fingerprint density at radius 3 is 2.94 bits per heavy atom. The van der Waals surface area contributed by atoms with E-state index in [-0.39, 0.29) is 0 Å². The van der Waals surface area contributed by atoms with Crippen LogP contribution in [0.15, 0.2) is 18.3 Å². The lowest BCUT2D eigenvalue weighted by molar-refractivity contribution is 0.112. The van der Waals surface area contributed by atoms with Gasteiger partial charge in [0, 0.05) is 24.8 Å². The van der Waals surface area contributed by atoms with E-state index >= 15 is 0 Å². The van der Waals surface area contributed by atoms with Crippen molar-refractivity contribution in [2.45, 2.75) is 26.2 Å². The highest BCUT2D eigenvalue weighted by Crippen LogP contribution is 2.20. The number of pyridine rings is 1. The maximum absolute atomic E-state index is 10.5. The summed E-state index contributed by atoms with van der Waals surface area (Å²) in [6, 6.07) is 3.78. The molecule has 2 heterocycles. The van der Waals surface area contributed by atoms with E-state index in [1.54, 1.807) is 6.20 Å². The van der Waals surface area contributed by atoms with Crippen LogP contribution in [0.25, 0.3) is 0 Å². The zero-order valence-electron chi connectivity index (χ0n) is 9.72. The van der Waals surface area contributed by atoms with Crippen molar-refractivity contribution in [1.29, 1.82) is 0 Å². The molecule has 1 aliphatic heterocycles. The largest absolute Gasteiger partial charge is 0.357 e. The summed E-state index contributed by atoms with van der Waals surface area (Å²) in [4.78, 5) is 17.2. The molecule has 1 aromatic rings. The molecule has 1 fully saturated rings. The Bertz CT molecular complexity index is 347. The monoisotopic (exact) mass is 218 g/mol. The molecule has 86 valence electrons. The molecule has 1 unspecified atom stereocenters. The van der Waals surface area contributed by atoms with Gasteiger partial charge in [-0.05, 0) is 37.3 Å². The number of nitrogens with zero attached hydrogens (tertiary/aromatic N) is 2. The van der Waals surface area contributed by atoms with E-state index in [1.807, 2.05) is 12.1 Å². The molecule has 2 rings (SSSR count). The molecule has 0 radical (unpaired) electrons. The number of aromatic nitrogens is 1. The molecule has 0 aliphatic carbocycles. The molecule has 3 nitrogen and oxygen atoms in total. The maximum Gasteiger partial charge on any atom is 0.151 e. The first-order valence-electron chi connectivity index (χ1n) is 5.96. The van der Waals surface area contributed by atoms with E-state index in [2.05, 4.69) is 16.8 Å². The highest BCUT2D eigenvalue weighted by Gasteiger charge is 2.14. The Balaban J connectivity index is 2.07. The van der Waals surface area contributed by atoms with Gasteiger partial charge >= 0.3 is 0 Å². The first kappa shape index (κ1) is 11.1. The Morgan fingerprint density at radius 2 is 2.25 bits per heavy atom. The Labute approximate surface area is 96.5 Å². The summed E-state index contributed by atoms with van der Waals surface area (Å²) in [7, 11) is 0. The minimum Gasteiger partial charge on any atom is -0.357 e. The van der Waals surface area contributed by atoms with E-state index in [4.69, 9.17) is 0 Å². The van der Waals surface area contributed by atoms with Crippen LogP contribution in [0.2, 0.25) is 0 Å². The lowest BCUT2D eigenvalue weighted by atomic mass is 10.0. The molecule has 0 saturated carbocycles. The summed E-state index contributed by atoms with van der Waals surface area (Å²) >= 11 is 0. The molecule has 0 bridgehead atoms. The minimum atomic E-state index is 0.645. The molecule has 16 heavy (non-hydrogen) atoms. The topological polar surface area (TPSA) is 33.2 Å². The van der Waals surface area contributed by atoms with E-state index in [0.717, 1.165) is 31.1 Å². The lowest BCUT2D eigenvalue weighted by Gasteiger charge is -2.21. The molecule has 1 aliphatic rings. The summed E-state index contributed by atoms with van der Waals surface area (Å²) < 4.78 is 0. The summed E-state index contributed by atoms with van der Waals surface area (Å²) in [5, 5.41) is 0. The predicted octanol–water partition coefficient (Wildman–Crippen LogP) is 2.52. The molecule has 1 aromatic heterocycles. The summed E-state index contributed by atoms with van der Waals surface area (Å²) in [6.07, 6.45) is 6.26. The van der Waals surface area contributed by atoms with E-state index in [1.165, 1.54) is 19.3 Å². The van der Waals surface area contributed by atoms with Gasteiger partial charge < -0.3 is 4.90 Å². The Morgan fingerprint density at radius 1 is 1.38 bits per heavy atom. The molecule has 3 heteroatoms. The second-order valence-electron chi connectivity index (χ2n) is 4.59. The van der Waals surface area contributed by atoms with Crippen molar-refractivity contribution >= 4 is 12.1 Å². The number of hydrogen-bond donors (Lipinski definition) is 0. The van der Waals surface area contributed by atoms with E-state index in [9.17, 15) is 4.79 Å². The Kier molecular flexibility index (Phi) is 3.54. The minimum absolute atomic E-state index is 0.645. The van der Waals surface area contributed by atoms with Gasteiger partial charge in [0.05, 0.1) is 0 Å². The first-order valence-corrected chi connectivity index (χ1v) is 5.96. The molecule has 1 saturated heterocycles. The maximum atomic E-state index is 10.5. The SMILES string of the molecule is CC1CCCN(c2ccc(C=O)cn2)CC1. The van der Waals surface area contributed by atoms with Gasteiger partial charge in [0.1, 0.15) is 5.82 Å². The third kappa shape index (κ3) is 2.60. The highest BCUT2D eigenvalue weighted by molar-refractivity contribution is 5.74. The van der Waals surface area contributed by atoms with Crippen molar-refractivity contribution in [3.63, 3.8) is 0 Å². The van der Waals surface area contributed by atoms with Gasteiger partial charge in [0.15, 0.2) is 6.29 Å². The van der Waals surface area contributed by atoms with Crippen molar-refractivity contribution < 1.29 is 4.79 Å². The fraction of sp³-hybridized carbons (Fsp3) is 0.538. The molecular formula is C13H18N2O. The molecule has 0 spiro atoms. The van der Waals surface area contributed by atoms with Crippen molar-refractivity contribution in [2.24, 2.45) is 5.92 Å². The standard InChI is InChI=1S/C13H18N2O/c1-11-3-2-7-15(8-6-11)13-5-4-12(10-16)9-14-13/h4-5,9-11H,2-3,6-8H2,1H3. The zero-order chi connectivity index (χ0) is 11.4. The van der Waals surface area contributed by atoms with Gasteiger partial charge in [-0.25, -0.2) is 4.98 Å². The van der Waals surface area contributed by atoms with Crippen LogP contribution < -0.4 is 4.90 Å². The predicted molar refractivity (Wildman–Crippen MR) is 64.9 cm³/mol. The van der Waals surface area contributed by atoms with Crippen LogP contribution >= 0.6 is 0 Å². The van der Waals surface area contributed by atoms with Gasteiger partial charge in [-0.1, -0.05) is 6.92 Å². The number of anilines is 1. The third-order valence-corrected chi connectivity index (χ3v) is 3.25. The number of carbonyl (C=O) groups excluding carboxylic acids is 1. The van der Waals surface area contributed by atoms with Gasteiger partial charge in [-0.15, -0.1) is 0 Å². The number of carbonyl (C=O) groups is 1.